The first-order chi connectivity index (χ1) is 9.66. The zero-order chi connectivity index (χ0) is 14.1. The van der Waals surface area contributed by atoms with Crippen LogP contribution >= 0.6 is 0 Å². The van der Waals surface area contributed by atoms with E-state index in [-0.39, 0.29) is 17.5 Å². The number of hydrogen-bond acceptors (Lipinski definition) is 4. The molecule has 1 aliphatic heterocycles. The topological polar surface area (TPSA) is 60.4 Å². The molecule has 0 spiro atoms. The minimum atomic E-state index is -1.15. The summed E-state index contributed by atoms with van der Waals surface area (Å²) in [4.78, 5) is 35.8. The zero-order valence-electron chi connectivity index (χ0n) is 11.1. The fourth-order valence-corrected chi connectivity index (χ4v) is 2.57. The number of benzene rings is 1. The summed E-state index contributed by atoms with van der Waals surface area (Å²) in [6.45, 7) is 0. The van der Waals surface area contributed by atoms with Gasteiger partial charge in [0.1, 0.15) is 0 Å². The van der Waals surface area contributed by atoms with Gasteiger partial charge in [-0.25, -0.2) is 0 Å². The van der Waals surface area contributed by atoms with Crippen molar-refractivity contribution in [3.05, 3.63) is 35.9 Å². The SMILES string of the molecule is O=C1OC(CCc2ccccc2)C(=O)C1C(=O)C1CC1. The highest BCUT2D eigenvalue weighted by molar-refractivity contribution is 6.22. The van der Waals surface area contributed by atoms with E-state index in [9.17, 15) is 14.4 Å². The summed E-state index contributed by atoms with van der Waals surface area (Å²) >= 11 is 0. The Morgan fingerprint density at radius 2 is 1.85 bits per heavy atom. The van der Waals surface area contributed by atoms with Gasteiger partial charge in [0.2, 0.25) is 0 Å². The summed E-state index contributed by atoms with van der Waals surface area (Å²) in [5, 5.41) is 0. The number of cyclic esters (lactones) is 1. The maximum absolute atomic E-state index is 12.1. The van der Waals surface area contributed by atoms with E-state index in [4.69, 9.17) is 4.74 Å². The van der Waals surface area contributed by atoms with E-state index in [1.165, 1.54) is 0 Å². The molecule has 1 aliphatic carbocycles. The van der Waals surface area contributed by atoms with Crippen LogP contribution in [0.4, 0.5) is 0 Å². The summed E-state index contributed by atoms with van der Waals surface area (Å²) in [5.74, 6) is -2.47. The molecule has 4 heteroatoms. The van der Waals surface area contributed by atoms with Crippen molar-refractivity contribution in [2.75, 3.05) is 0 Å². The molecule has 104 valence electrons. The van der Waals surface area contributed by atoms with E-state index in [1.54, 1.807) is 0 Å². The van der Waals surface area contributed by atoms with Gasteiger partial charge in [0.05, 0.1) is 0 Å². The molecule has 4 nitrogen and oxygen atoms in total. The molecular formula is C16H16O4. The van der Waals surface area contributed by atoms with Gasteiger partial charge in [-0.05, 0) is 31.2 Å². The van der Waals surface area contributed by atoms with Crippen molar-refractivity contribution in [1.82, 2.24) is 0 Å². The molecular weight excluding hydrogens is 256 g/mol. The molecule has 1 aromatic carbocycles. The van der Waals surface area contributed by atoms with E-state index < -0.39 is 18.0 Å². The molecule has 3 rings (SSSR count). The van der Waals surface area contributed by atoms with Crippen LogP contribution in [-0.2, 0) is 25.5 Å². The molecule has 0 radical (unpaired) electrons. The third kappa shape index (κ3) is 2.50. The van der Waals surface area contributed by atoms with Crippen LogP contribution in [0.5, 0.6) is 0 Å². The number of aryl methyl sites for hydroxylation is 1. The number of ether oxygens (including phenoxy) is 1. The summed E-state index contributed by atoms with van der Waals surface area (Å²) in [6.07, 6.45) is 1.95. The third-order valence-corrected chi connectivity index (χ3v) is 3.90. The van der Waals surface area contributed by atoms with E-state index in [1.807, 2.05) is 30.3 Å². The smallest absolute Gasteiger partial charge is 0.325 e. The van der Waals surface area contributed by atoms with Gasteiger partial charge in [0.15, 0.2) is 23.6 Å². The van der Waals surface area contributed by atoms with Gasteiger partial charge in [0, 0.05) is 5.92 Å². The van der Waals surface area contributed by atoms with Gasteiger partial charge in [-0.15, -0.1) is 0 Å². The van der Waals surface area contributed by atoms with Crippen molar-refractivity contribution in [2.45, 2.75) is 31.8 Å². The number of hydrogen-bond donors (Lipinski definition) is 0. The highest BCUT2D eigenvalue weighted by Crippen LogP contribution is 2.35. The second-order valence-electron chi connectivity index (χ2n) is 5.46. The van der Waals surface area contributed by atoms with E-state index >= 15 is 0 Å². The number of carbonyl (C=O) groups excluding carboxylic acids is 3. The van der Waals surface area contributed by atoms with Crippen molar-refractivity contribution < 1.29 is 19.1 Å². The Morgan fingerprint density at radius 1 is 1.15 bits per heavy atom. The lowest BCUT2D eigenvalue weighted by Gasteiger charge is -2.07. The first-order valence-electron chi connectivity index (χ1n) is 6.98. The van der Waals surface area contributed by atoms with Gasteiger partial charge < -0.3 is 4.74 Å². The lowest BCUT2D eigenvalue weighted by molar-refractivity contribution is -0.147. The van der Waals surface area contributed by atoms with Crippen molar-refractivity contribution in [3.8, 4) is 0 Å². The van der Waals surface area contributed by atoms with Crippen LogP contribution in [0.25, 0.3) is 0 Å². The van der Waals surface area contributed by atoms with E-state index in [0.29, 0.717) is 12.8 Å². The molecule has 2 fully saturated rings. The molecule has 0 amide bonds. The maximum atomic E-state index is 12.1. The average molecular weight is 272 g/mol. The van der Waals surface area contributed by atoms with Crippen molar-refractivity contribution >= 4 is 17.5 Å². The lowest BCUT2D eigenvalue weighted by Crippen LogP contribution is -2.29. The molecule has 2 atom stereocenters. The monoisotopic (exact) mass is 272 g/mol. The Bertz CT molecular complexity index is 545. The van der Waals surface area contributed by atoms with E-state index in [2.05, 4.69) is 0 Å². The largest absolute Gasteiger partial charge is 0.453 e. The first-order valence-corrected chi connectivity index (χ1v) is 6.98. The van der Waals surface area contributed by atoms with Crippen LogP contribution in [0, 0.1) is 11.8 Å². The summed E-state index contributed by atoms with van der Waals surface area (Å²) < 4.78 is 5.10. The van der Waals surface area contributed by atoms with Crippen LogP contribution in [0.2, 0.25) is 0 Å². The second-order valence-corrected chi connectivity index (χ2v) is 5.46. The molecule has 1 saturated heterocycles. The normalized spacial score (nSPS) is 25.6. The fourth-order valence-electron chi connectivity index (χ4n) is 2.57. The molecule has 0 bridgehead atoms. The predicted molar refractivity (Wildman–Crippen MR) is 70.9 cm³/mol. The summed E-state index contributed by atoms with van der Waals surface area (Å²) in [6, 6.07) is 9.71. The third-order valence-electron chi connectivity index (χ3n) is 3.90. The Labute approximate surface area is 117 Å². The van der Waals surface area contributed by atoms with Crippen molar-refractivity contribution in [1.29, 1.82) is 0 Å². The Kier molecular flexibility index (Phi) is 3.38. The average Bonchev–Trinajstić information content (AvgIpc) is 3.25. The number of ketones is 2. The van der Waals surface area contributed by atoms with Gasteiger partial charge in [-0.2, -0.15) is 0 Å². The highest BCUT2D eigenvalue weighted by Gasteiger charge is 2.50. The first kappa shape index (κ1) is 13.0. The molecule has 2 unspecified atom stereocenters. The van der Waals surface area contributed by atoms with Gasteiger partial charge >= 0.3 is 5.97 Å². The molecule has 1 saturated carbocycles. The van der Waals surface area contributed by atoms with Crippen LogP contribution in [0.15, 0.2) is 30.3 Å². The fraction of sp³-hybridized carbons (Fsp3) is 0.438. The lowest BCUT2D eigenvalue weighted by atomic mass is 9.93. The molecule has 1 heterocycles. The number of rotatable bonds is 5. The highest BCUT2D eigenvalue weighted by atomic mass is 16.6. The summed E-state index contributed by atoms with van der Waals surface area (Å²) in [5.41, 5.74) is 1.09. The predicted octanol–water partition coefficient (Wildman–Crippen LogP) is 1.71. The number of carbonyl (C=O) groups is 3. The number of esters is 1. The molecule has 1 aromatic rings. The van der Waals surface area contributed by atoms with Gasteiger partial charge in [0.25, 0.3) is 0 Å². The summed E-state index contributed by atoms with van der Waals surface area (Å²) in [7, 11) is 0. The van der Waals surface area contributed by atoms with Crippen LogP contribution in [0.1, 0.15) is 24.8 Å². The molecule has 2 aliphatic rings. The van der Waals surface area contributed by atoms with Crippen molar-refractivity contribution in [2.24, 2.45) is 11.8 Å². The molecule has 0 N–H and O–H groups in total. The number of Topliss-reactive ketones (excluding diaryl/α,β-unsaturated/α-hetero) is 2. The quantitative estimate of drug-likeness (QED) is 0.604. The Balaban J connectivity index is 1.62. The molecule has 0 aromatic heterocycles. The van der Waals surface area contributed by atoms with E-state index in [0.717, 1.165) is 18.4 Å². The second kappa shape index (κ2) is 5.19. The van der Waals surface area contributed by atoms with Crippen LogP contribution in [0.3, 0.4) is 0 Å². The van der Waals surface area contributed by atoms with Crippen molar-refractivity contribution in [3.63, 3.8) is 0 Å². The maximum Gasteiger partial charge on any atom is 0.325 e. The Hall–Kier alpha value is -1.97. The van der Waals surface area contributed by atoms with Crippen LogP contribution < -0.4 is 0 Å². The zero-order valence-corrected chi connectivity index (χ0v) is 11.1. The Morgan fingerprint density at radius 3 is 2.50 bits per heavy atom. The van der Waals surface area contributed by atoms with Gasteiger partial charge in [-0.3, -0.25) is 14.4 Å². The standard InChI is InChI=1S/C16H16O4/c17-14(11-7-8-11)13-15(18)12(20-16(13)19)9-6-10-4-2-1-3-5-10/h1-5,11-13H,6-9H2. The minimum Gasteiger partial charge on any atom is -0.453 e. The minimum absolute atomic E-state index is 0.0932. The van der Waals surface area contributed by atoms with Gasteiger partial charge in [-0.1, -0.05) is 30.3 Å². The van der Waals surface area contributed by atoms with Crippen LogP contribution in [-0.4, -0.2) is 23.6 Å². The molecule has 20 heavy (non-hydrogen) atoms.